The van der Waals surface area contributed by atoms with Crippen LogP contribution in [0, 0.1) is 11.3 Å². The first-order valence-corrected chi connectivity index (χ1v) is 7.02. The Morgan fingerprint density at radius 2 is 1.95 bits per heavy atom. The molecule has 1 saturated heterocycles. The molecule has 120 valence electrons. The molecule has 0 amide bonds. The SMILES string of the molecule is COC1(CNc2c(C#N)c(=O)n(C)c(=O)n2C)CCOCC1. The van der Waals surface area contributed by atoms with Crippen molar-refractivity contribution in [2.45, 2.75) is 18.4 Å². The van der Waals surface area contributed by atoms with Crippen LogP contribution < -0.4 is 16.6 Å². The van der Waals surface area contributed by atoms with Crippen LogP contribution in [0.15, 0.2) is 9.59 Å². The first-order valence-electron chi connectivity index (χ1n) is 7.02. The number of nitriles is 1. The summed E-state index contributed by atoms with van der Waals surface area (Å²) in [6, 6.07) is 1.87. The van der Waals surface area contributed by atoms with Crippen molar-refractivity contribution in [3.63, 3.8) is 0 Å². The lowest BCUT2D eigenvalue weighted by atomic mass is 9.94. The van der Waals surface area contributed by atoms with Crippen molar-refractivity contribution >= 4 is 5.82 Å². The van der Waals surface area contributed by atoms with Crippen LogP contribution >= 0.6 is 0 Å². The number of anilines is 1. The molecule has 0 aromatic carbocycles. The molecule has 8 heteroatoms. The third-order valence-electron chi connectivity index (χ3n) is 4.19. The van der Waals surface area contributed by atoms with Gasteiger partial charge >= 0.3 is 5.69 Å². The van der Waals surface area contributed by atoms with E-state index in [0.29, 0.717) is 32.6 Å². The number of nitrogens with zero attached hydrogens (tertiary/aromatic N) is 3. The van der Waals surface area contributed by atoms with Crippen molar-refractivity contribution in [2.75, 3.05) is 32.2 Å². The molecule has 8 nitrogen and oxygen atoms in total. The van der Waals surface area contributed by atoms with Crippen molar-refractivity contribution in [1.82, 2.24) is 9.13 Å². The van der Waals surface area contributed by atoms with Crippen LogP contribution in [0.5, 0.6) is 0 Å². The maximum absolute atomic E-state index is 12.0. The number of hydrogen-bond donors (Lipinski definition) is 1. The molecular formula is C14H20N4O4. The molecule has 2 rings (SSSR count). The van der Waals surface area contributed by atoms with Crippen LogP contribution in [0.1, 0.15) is 18.4 Å². The Morgan fingerprint density at radius 3 is 2.50 bits per heavy atom. The molecule has 0 aliphatic carbocycles. The minimum absolute atomic E-state index is 0.0806. The average molecular weight is 308 g/mol. The Hall–Kier alpha value is -2.11. The highest BCUT2D eigenvalue weighted by Gasteiger charge is 2.33. The van der Waals surface area contributed by atoms with Crippen molar-refractivity contribution < 1.29 is 9.47 Å². The third kappa shape index (κ3) is 2.77. The van der Waals surface area contributed by atoms with Gasteiger partial charge in [0.15, 0.2) is 5.56 Å². The molecular weight excluding hydrogens is 288 g/mol. The van der Waals surface area contributed by atoms with Crippen LogP contribution in [0.2, 0.25) is 0 Å². The molecule has 1 aromatic heterocycles. The highest BCUT2D eigenvalue weighted by Crippen LogP contribution is 2.25. The topological polar surface area (TPSA) is 98.3 Å². The first kappa shape index (κ1) is 16.3. The number of hydrogen-bond acceptors (Lipinski definition) is 6. The zero-order chi connectivity index (χ0) is 16.3. The summed E-state index contributed by atoms with van der Waals surface area (Å²) in [4.78, 5) is 24.0. The lowest BCUT2D eigenvalue weighted by molar-refractivity contribution is -0.0807. The minimum Gasteiger partial charge on any atom is -0.381 e. The summed E-state index contributed by atoms with van der Waals surface area (Å²) in [5, 5.41) is 12.3. The fourth-order valence-electron chi connectivity index (χ4n) is 2.59. The Labute approximate surface area is 127 Å². The second kappa shape index (κ2) is 6.34. The smallest absolute Gasteiger partial charge is 0.332 e. The van der Waals surface area contributed by atoms with Gasteiger partial charge in [0.25, 0.3) is 5.56 Å². The summed E-state index contributed by atoms with van der Waals surface area (Å²) in [6.07, 6.45) is 1.41. The number of rotatable bonds is 4. The van der Waals surface area contributed by atoms with E-state index in [9.17, 15) is 14.9 Å². The average Bonchev–Trinajstić information content (AvgIpc) is 2.55. The van der Waals surface area contributed by atoms with Crippen molar-refractivity contribution in [3.05, 3.63) is 26.4 Å². The van der Waals surface area contributed by atoms with Gasteiger partial charge in [0.2, 0.25) is 0 Å². The van der Waals surface area contributed by atoms with Crippen LogP contribution in [-0.4, -0.2) is 41.6 Å². The molecule has 0 saturated carbocycles. The van der Waals surface area contributed by atoms with Gasteiger partial charge in [-0.05, 0) is 0 Å². The van der Waals surface area contributed by atoms with E-state index < -0.39 is 16.9 Å². The fourth-order valence-corrected chi connectivity index (χ4v) is 2.59. The van der Waals surface area contributed by atoms with Crippen molar-refractivity contribution in [3.8, 4) is 6.07 Å². The first-order chi connectivity index (χ1) is 10.5. The van der Waals surface area contributed by atoms with Gasteiger partial charge in [0.1, 0.15) is 11.9 Å². The third-order valence-corrected chi connectivity index (χ3v) is 4.19. The summed E-state index contributed by atoms with van der Waals surface area (Å²) in [5.41, 5.74) is -1.60. The van der Waals surface area contributed by atoms with Gasteiger partial charge < -0.3 is 14.8 Å². The molecule has 0 bridgehead atoms. The molecule has 0 unspecified atom stereocenters. The molecule has 22 heavy (non-hydrogen) atoms. The minimum atomic E-state index is -0.605. The van der Waals surface area contributed by atoms with E-state index in [0.717, 1.165) is 4.57 Å². The maximum Gasteiger partial charge on any atom is 0.332 e. The lowest BCUT2D eigenvalue weighted by Gasteiger charge is -2.36. The van der Waals surface area contributed by atoms with Gasteiger partial charge in [0, 0.05) is 53.8 Å². The number of methoxy groups -OCH3 is 1. The summed E-state index contributed by atoms with van der Waals surface area (Å²) in [6.45, 7) is 1.58. The predicted octanol–water partition coefficient (Wildman–Crippen LogP) is -0.437. The number of nitrogens with one attached hydrogen (secondary N) is 1. The van der Waals surface area contributed by atoms with Crippen LogP contribution in [0.3, 0.4) is 0 Å². The summed E-state index contributed by atoms with van der Waals surface area (Å²) in [7, 11) is 4.50. The monoisotopic (exact) mass is 308 g/mol. The van der Waals surface area contributed by atoms with Crippen LogP contribution in [0.4, 0.5) is 5.82 Å². The fraction of sp³-hybridized carbons (Fsp3) is 0.643. The van der Waals surface area contributed by atoms with Crippen molar-refractivity contribution in [1.29, 1.82) is 5.26 Å². The van der Waals surface area contributed by atoms with E-state index in [2.05, 4.69) is 5.32 Å². The van der Waals surface area contributed by atoms with E-state index in [-0.39, 0.29) is 11.4 Å². The van der Waals surface area contributed by atoms with E-state index in [1.54, 1.807) is 7.11 Å². The highest BCUT2D eigenvalue weighted by molar-refractivity contribution is 5.51. The lowest BCUT2D eigenvalue weighted by Crippen LogP contribution is -2.46. The standard InChI is InChI=1S/C14H20N4O4/c1-17-11(10(8-15)12(19)18(2)13(17)20)16-9-14(21-3)4-6-22-7-5-14/h16H,4-7,9H2,1-3H3. The molecule has 2 heterocycles. The van der Waals surface area contributed by atoms with E-state index in [1.807, 2.05) is 6.07 Å². The van der Waals surface area contributed by atoms with Crippen LogP contribution in [-0.2, 0) is 23.6 Å². The van der Waals surface area contributed by atoms with Gasteiger partial charge in [-0.15, -0.1) is 0 Å². The zero-order valence-electron chi connectivity index (χ0n) is 13.0. The van der Waals surface area contributed by atoms with E-state index in [4.69, 9.17) is 9.47 Å². The maximum atomic E-state index is 12.0. The second-order valence-electron chi connectivity index (χ2n) is 5.39. The van der Waals surface area contributed by atoms with Gasteiger partial charge in [-0.3, -0.25) is 13.9 Å². The number of aromatic nitrogens is 2. The summed E-state index contributed by atoms with van der Waals surface area (Å²) in [5.74, 6) is 0.221. The molecule has 1 fully saturated rings. The van der Waals surface area contributed by atoms with Crippen LogP contribution in [0.25, 0.3) is 0 Å². The molecule has 1 aromatic rings. The Bertz CT molecular complexity index is 707. The van der Waals surface area contributed by atoms with Gasteiger partial charge in [-0.1, -0.05) is 0 Å². The van der Waals surface area contributed by atoms with Gasteiger partial charge in [-0.25, -0.2) is 4.79 Å². The number of ether oxygens (including phenoxy) is 2. The zero-order valence-corrected chi connectivity index (χ0v) is 13.0. The van der Waals surface area contributed by atoms with Gasteiger partial charge in [0.05, 0.1) is 5.60 Å². The molecule has 0 atom stereocenters. The molecule has 1 aliphatic heterocycles. The normalized spacial score (nSPS) is 17.0. The quantitative estimate of drug-likeness (QED) is 0.810. The largest absolute Gasteiger partial charge is 0.381 e. The Balaban J connectivity index is 2.36. The summed E-state index contributed by atoms with van der Waals surface area (Å²) < 4.78 is 13.1. The Morgan fingerprint density at radius 1 is 1.32 bits per heavy atom. The highest BCUT2D eigenvalue weighted by atomic mass is 16.5. The summed E-state index contributed by atoms with van der Waals surface area (Å²) >= 11 is 0. The molecule has 0 spiro atoms. The van der Waals surface area contributed by atoms with Gasteiger partial charge in [-0.2, -0.15) is 5.26 Å². The predicted molar refractivity (Wildman–Crippen MR) is 79.9 cm³/mol. The van der Waals surface area contributed by atoms with E-state index in [1.165, 1.54) is 18.7 Å². The second-order valence-corrected chi connectivity index (χ2v) is 5.39. The van der Waals surface area contributed by atoms with E-state index >= 15 is 0 Å². The van der Waals surface area contributed by atoms with Crippen molar-refractivity contribution in [2.24, 2.45) is 14.1 Å². The Kier molecular flexibility index (Phi) is 4.68. The molecule has 0 radical (unpaired) electrons. The molecule has 1 N–H and O–H groups in total. The molecule has 1 aliphatic rings.